The number of urea groups is 1. The molecule has 2 aromatic carbocycles. The molecule has 0 aromatic heterocycles. The van der Waals surface area contributed by atoms with Crippen molar-refractivity contribution in [2.45, 2.75) is 38.3 Å². The van der Waals surface area contributed by atoms with Gasteiger partial charge in [-0.15, -0.1) is 0 Å². The normalized spacial score (nSPS) is 20.6. The lowest BCUT2D eigenvalue weighted by molar-refractivity contribution is 0.00746. The van der Waals surface area contributed by atoms with E-state index in [0.29, 0.717) is 22.9 Å². The number of amides is 2. The Bertz CT molecular complexity index is 827. The van der Waals surface area contributed by atoms with Gasteiger partial charge >= 0.3 is 6.03 Å². The molecule has 2 aromatic rings. The van der Waals surface area contributed by atoms with E-state index in [0.717, 1.165) is 25.7 Å². The van der Waals surface area contributed by atoms with E-state index in [1.807, 2.05) is 30.3 Å². The average Bonchev–Trinajstić information content (AvgIpc) is 3.01. The van der Waals surface area contributed by atoms with Gasteiger partial charge in [-0.25, -0.2) is 4.79 Å². The van der Waals surface area contributed by atoms with E-state index in [-0.39, 0.29) is 5.84 Å². The Morgan fingerprint density at radius 1 is 1.11 bits per heavy atom. The zero-order valence-electron chi connectivity index (χ0n) is 15.8. The number of unbranched alkanes of at least 4 members (excludes halogenated alkanes) is 3. The predicted molar refractivity (Wildman–Crippen MR) is 110 cm³/mol. The first-order valence-corrected chi connectivity index (χ1v) is 9.80. The van der Waals surface area contributed by atoms with Crippen LogP contribution in [0.1, 0.15) is 38.2 Å². The average molecular weight is 402 g/mol. The lowest BCUT2D eigenvalue weighted by Crippen LogP contribution is -2.50. The highest BCUT2D eigenvalue weighted by Crippen LogP contribution is 2.39. The number of hydrogen-bond acceptors (Lipinski definition) is 4. The molecule has 1 saturated heterocycles. The highest BCUT2D eigenvalue weighted by molar-refractivity contribution is 6.30. The van der Waals surface area contributed by atoms with Crippen molar-refractivity contribution in [1.29, 1.82) is 0 Å². The standard InChI is InChI=1S/C21H24ClN3O3/c1-2-3-4-8-15-28-21(16-9-6-5-7-10-16)19(24-27)23-20(26)25(21)18-13-11-17(22)12-14-18/h5-7,9-14,27H,2-4,8,15H2,1H3,(H,23,24,26)/t21-/m0/s1. The van der Waals surface area contributed by atoms with Crippen molar-refractivity contribution in [2.24, 2.45) is 5.16 Å². The molecule has 0 unspecified atom stereocenters. The number of hydrogen-bond donors (Lipinski definition) is 2. The van der Waals surface area contributed by atoms with Crippen molar-refractivity contribution in [1.82, 2.24) is 5.32 Å². The van der Waals surface area contributed by atoms with Crippen LogP contribution in [0, 0.1) is 0 Å². The van der Waals surface area contributed by atoms with Gasteiger partial charge in [0.2, 0.25) is 11.6 Å². The quantitative estimate of drug-likeness (QED) is 0.367. The molecule has 7 heteroatoms. The third kappa shape index (κ3) is 3.84. The monoisotopic (exact) mass is 401 g/mol. The summed E-state index contributed by atoms with van der Waals surface area (Å²) in [6, 6.07) is 15.7. The van der Waals surface area contributed by atoms with Gasteiger partial charge < -0.3 is 9.94 Å². The van der Waals surface area contributed by atoms with Gasteiger partial charge in [0.25, 0.3) is 0 Å². The molecule has 0 bridgehead atoms. The van der Waals surface area contributed by atoms with Gasteiger partial charge in [0.15, 0.2) is 0 Å². The van der Waals surface area contributed by atoms with Crippen LogP contribution in [-0.4, -0.2) is 23.7 Å². The summed E-state index contributed by atoms with van der Waals surface area (Å²) in [5, 5.41) is 16.2. The summed E-state index contributed by atoms with van der Waals surface area (Å²) in [5.41, 5.74) is -0.114. The molecule has 2 amide bonds. The highest BCUT2D eigenvalue weighted by Gasteiger charge is 2.55. The summed E-state index contributed by atoms with van der Waals surface area (Å²) in [6.07, 6.45) is 4.09. The molecule has 1 heterocycles. The lowest BCUT2D eigenvalue weighted by Gasteiger charge is -2.36. The maximum atomic E-state index is 12.9. The largest absolute Gasteiger partial charge is 0.409 e. The molecular weight excluding hydrogens is 378 g/mol. The number of benzene rings is 2. The van der Waals surface area contributed by atoms with E-state index in [2.05, 4.69) is 17.4 Å². The van der Waals surface area contributed by atoms with E-state index in [4.69, 9.17) is 16.3 Å². The fraction of sp³-hybridized carbons (Fsp3) is 0.333. The molecule has 3 rings (SSSR count). The smallest absolute Gasteiger partial charge is 0.330 e. The topological polar surface area (TPSA) is 74.2 Å². The molecule has 1 fully saturated rings. The number of nitrogens with zero attached hydrogens (tertiary/aromatic N) is 2. The molecule has 1 atom stereocenters. The summed E-state index contributed by atoms with van der Waals surface area (Å²) < 4.78 is 6.31. The number of anilines is 1. The molecule has 6 nitrogen and oxygen atoms in total. The molecule has 148 valence electrons. The molecule has 0 radical (unpaired) electrons. The summed E-state index contributed by atoms with van der Waals surface area (Å²) in [6.45, 7) is 2.55. The van der Waals surface area contributed by atoms with Crippen molar-refractivity contribution < 1.29 is 14.7 Å². The van der Waals surface area contributed by atoms with Crippen molar-refractivity contribution >= 4 is 29.2 Å². The minimum absolute atomic E-state index is 0.0362. The Morgan fingerprint density at radius 3 is 2.46 bits per heavy atom. The van der Waals surface area contributed by atoms with Gasteiger partial charge in [0.05, 0.1) is 6.61 Å². The molecule has 28 heavy (non-hydrogen) atoms. The van der Waals surface area contributed by atoms with Gasteiger partial charge in [0, 0.05) is 16.3 Å². The van der Waals surface area contributed by atoms with Crippen LogP contribution >= 0.6 is 11.6 Å². The molecule has 2 N–H and O–H groups in total. The Labute approximate surface area is 169 Å². The molecule has 1 aliphatic heterocycles. The Balaban J connectivity index is 2.06. The zero-order valence-corrected chi connectivity index (χ0v) is 16.5. The van der Waals surface area contributed by atoms with Crippen LogP contribution in [0.15, 0.2) is 59.8 Å². The second-order valence-electron chi connectivity index (χ2n) is 6.61. The second kappa shape index (κ2) is 9.08. The summed E-state index contributed by atoms with van der Waals surface area (Å²) in [4.78, 5) is 14.3. The van der Waals surface area contributed by atoms with E-state index < -0.39 is 11.8 Å². The second-order valence-corrected chi connectivity index (χ2v) is 7.05. The van der Waals surface area contributed by atoms with Crippen LogP contribution in [0.3, 0.4) is 0 Å². The first kappa shape index (κ1) is 20.2. The first-order chi connectivity index (χ1) is 13.6. The molecular formula is C21H24ClN3O3. The Morgan fingerprint density at radius 2 is 1.82 bits per heavy atom. The number of carbonyl (C=O) groups excluding carboxylic acids is 1. The van der Waals surface area contributed by atoms with Gasteiger partial charge in [-0.2, -0.15) is 0 Å². The van der Waals surface area contributed by atoms with Gasteiger partial charge in [-0.3, -0.25) is 10.2 Å². The van der Waals surface area contributed by atoms with E-state index in [9.17, 15) is 10.0 Å². The van der Waals surface area contributed by atoms with Gasteiger partial charge in [-0.1, -0.05) is 73.3 Å². The molecule has 0 spiro atoms. The van der Waals surface area contributed by atoms with Crippen molar-refractivity contribution in [3.63, 3.8) is 0 Å². The van der Waals surface area contributed by atoms with Crippen molar-refractivity contribution in [3.05, 3.63) is 65.2 Å². The summed E-state index contributed by atoms with van der Waals surface area (Å²) >= 11 is 6.02. The van der Waals surface area contributed by atoms with Gasteiger partial charge in [0.1, 0.15) is 0 Å². The fourth-order valence-corrected chi connectivity index (χ4v) is 3.49. The first-order valence-electron chi connectivity index (χ1n) is 9.42. The van der Waals surface area contributed by atoms with Crippen LogP contribution in [0.4, 0.5) is 10.5 Å². The van der Waals surface area contributed by atoms with Crippen LogP contribution in [0.5, 0.6) is 0 Å². The maximum Gasteiger partial charge on any atom is 0.330 e. The predicted octanol–water partition coefficient (Wildman–Crippen LogP) is 5.11. The van der Waals surface area contributed by atoms with E-state index in [1.54, 1.807) is 24.3 Å². The van der Waals surface area contributed by atoms with Gasteiger partial charge in [-0.05, 0) is 30.7 Å². The Kier molecular flexibility index (Phi) is 6.54. The number of rotatable bonds is 8. The minimum Gasteiger partial charge on any atom is -0.409 e. The fourth-order valence-electron chi connectivity index (χ4n) is 3.37. The number of carbonyl (C=O) groups is 1. The summed E-state index contributed by atoms with van der Waals surface area (Å²) in [7, 11) is 0. The van der Waals surface area contributed by atoms with Crippen LogP contribution in [0.25, 0.3) is 0 Å². The SMILES string of the molecule is CCCCCCO[C@@]1(c2ccccc2)/C(=N/O)NC(=O)N1c1ccc(Cl)cc1. The molecule has 0 aliphatic carbocycles. The van der Waals surface area contributed by atoms with Crippen molar-refractivity contribution in [3.8, 4) is 0 Å². The van der Waals surface area contributed by atoms with E-state index in [1.165, 1.54) is 4.90 Å². The Hall–Kier alpha value is -2.57. The maximum absolute atomic E-state index is 12.9. The van der Waals surface area contributed by atoms with Crippen LogP contribution < -0.4 is 10.2 Å². The number of ether oxygens (including phenoxy) is 1. The number of oxime groups is 1. The molecule has 1 aliphatic rings. The van der Waals surface area contributed by atoms with Crippen molar-refractivity contribution in [2.75, 3.05) is 11.5 Å². The third-order valence-corrected chi connectivity index (χ3v) is 4.98. The van der Waals surface area contributed by atoms with Crippen LogP contribution in [-0.2, 0) is 10.5 Å². The number of halogens is 1. The minimum atomic E-state index is -1.38. The highest BCUT2D eigenvalue weighted by atomic mass is 35.5. The lowest BCUT2D eigenvalue weighted by atomic mass is 9.99. The summed E-state index contributed by atoms with van der Waals surface area (Å²) in [5.74, 6) is 0.0362. The van der Waals surface area contributed by atoms with E-state index >= 15 is 0 Å². The third-order valence-electron chi connectivity index (χ3n) is 4.72. The molecule has 0 saturated carbocycles. The number of nitrogens with one attached hydrogen (secondary N) is 1. The number of amidine groups is 1. The van der Waals surface area contributed by atoms with Crippen LogP contribution in [0.2, 0.25) is 5.02 Å². The zero-order chi connectivity index (χ0) is 20.0.